The molecule has 0 bridgehead atoms. The van der Waals surface area contributed by atoms with Gasteiger partial charge in [0.15, 0.2) is 6.61 Å². The van der Waals surface area contributed by atoms with Gasteiger partial charge in [0.2, 0.25) is 0 Å². The topological polar surface area (TPSA) is 58.6 Å². The zero-order valence-electron chi connectivity index (χ0n) is 13.2. The molecule has 0 unspecified atom stereocenters. The summed E-state index contributed by atoms with van der Waals surface area (Å²) in [7, 11) is 0. The molecule has 22 heavy (non-hydrogen) atoms. The van der Waals surface area contributed by atoms with E-state index in [1.165, 1.54) is 18.4 Å². The lowest BCUT2D eigenvalue weighted by Gasteiger charge is -2.29. The fraction of sp³-hybridized carbons (Fsp3) is 0.500. The number of ether oxygens (including phenoxy) is 1. The Morgan fingerprint density at radius 1 is 1.32 bits per heavy atom. The molecule has 4 heteroatoms. The molecule has 0 atom stereocenters. The molecule has 1 aromatic rings. The van der Waals surface area contributed by atoms with Crippen LogP contribution >= 0.6 is 0 Å². The smallest absolute Gasteiger partial charge is 0.341 e. The monoisotopic (exact) mass is 303 g/mol. The van der Waals surface area contributed by atoms with Crippen LogP contribution in [-0.2, 0) is 11.3 Å². The highest BCUT2D eigenvalue weighted by Gasteiger charge is 2.21. The SMILES string of the molecule is C=C(C)C1CCC(NCc2ccccc2OCC(=O)O)CC1. The lowest BCUT2D eigenvalue weighted by Crippen LogP contribution is -2.33. The third-order valence-corrected chi connectivity index (χ3v) is 4.33. The molecule has 0 heterocycles. The van der Waals surface area contributed by atoms with E-state index in [1.54, 1.807) is 0 Å². The van der Waals surface area contributed by atoms with Crippen molar-refractivity contribution in [3.63, 3.8) is 0 Å². The molecule has 0 spiro atoms. The summed E-state index contributed by atoms with van der Waals surface area (Å²) in [5, 5.41) is 12.3. The van der Waals surface area contributed by atoms with Crippen molar-refractivity contribution in [3.8, 4) is 5.75 Å². The summed E-state index contributed by atoms with van der Waals surface area (Å²) >= 11 is 0. The fourth-order valence-corrected chi connectivity index (χ4v) is 2.97. The second-order valence-corrected chi connectivity index (χ2v) is 6.07. The number of aliphatic carboxylic acids is 1. The molecular formula is C18H25NO3. The normalized spacial score (nSPS) is 21.3. The molecule has 1 aliphatic rings. The first-order valence-corrected chi connectivity index (χ1v) is 7.87. The molecule has 0 amide bonds. The highest BCUT2D eigenvalue weighted by molar-refractivity contribution is 5.68. The molecule has 1 aromatic carbocycles. The number of carbonyl (C=O) groups is 1. The molecule has 1 saturated carbocycles. The predicted molar refractivity (Wildman–Crippen MR) is 87.0 cm³/mol. The summed E-state index contributed by atoms with van der Waals surface area (Å²) in [6.07, 6.45) is 4.72. The Balaban J connectivity index is 1.84. The summed E-state index contributed by atoms with van der Waals surface area (Å²) in [6.45, 7) is 6.58. The van der Waals surface area contributed by atoms with Gasteiger partial charge >= 0.3 is 5.97 Å². The van der Waals surface area contributed by atoms with Crippen LogP contribution in [0.5, 0.6) is 5.75 Å². The van der Waals surface area contributed by atoms with Crippen LogP contribution in [0, 0.1) is 5.92 Å². The highest BCUT2D eigenvalue weighted by atomic mass is 16.5. The Morgan fingerprint density at radius 2 is 2.00 bits per heavy atom. The van der Waals surface area contributed by atoms with Gasteiger partial charge in [0, 0.05) is 18.2 Å². The minimum Gasteiger partial charge on any atom is -0.482 e. The first-order chi connectivity index (χ1) is 10.6. The largest absolute Gasteiger partial charge is 0.482 e. The second kappa shape index (κ2) is 7.99. The summed E-state index contributed by atoms with van der Waals surface area (Å²) in [5.41, 5.74) is 2.30. The number of para-hydroxylation sites is 1. The Bertz CT molecular complexity index is 519. The molecule has 0 saturated heterocycles. The summed E-state index contributed by atoms with van der Waals surface area (Å²) in [6, 6.07) is 8.12. The molecule has 0 aromatic heterocycles. The Morgan fingerprint density at radius 3 is 2.64 bits per heavy atom. The van der Waals surface area contributed by atoms with Gasteiger partial charge in [-0.1, -0.05) is 30.4 Å². The summed E-state index contributed by atoms with van der Waals surface area (Å²) in [4.78, 5) is 10.6. The van der Waals surface area contributed by atoms with Gasteiger partial charge in [0.25, 0.3) is 0 Å². The number of hydrogen-bond acceptors (Lipinski definition) is 3. The van der Waals surface area contributed by atoms with Crippen molar-refractivity contribution in [3.05, 3.63) is 42.0 Å². The molecule has 2 rings (SSSR count). The van der Waals surface area contributed by atoms with E-state index in [0.29, 0.717) is 24.3 Å². The number of allylic oxidation sites excluding steroid dienone is 1. The number of nitrogens with one attached hydrogen (secondary N) is 1. The molecule has 4 nitrogen and oxygen atoms in total. The van der Waals surface area contributed by atoms with Gasteiger partial charge in [-0.2, -0.15) is 0 Å². The van der Waals surface area contributed by atoms with Crippen molar-refractivity contribution in [2.24, 2.45) is 5.92 Å². The standard InChI is InChI=1S/C18H25NO3/c1-13(2)14-7-9-16(10-8-14)19-11-15-5-3-4-6-17(15)22-12-18(20)21/h3-6,14,16,19H,1,7-12H2,2H3,(H,20,21). The lowest BCUT2D eigenvalue weighted by atomic mass is 9.82. The van der Waals surface area contributed by atoms with Crippen LogP contribution in [0.15, 0.2) is 36.4 Å². The zero-order valence-corrected chi connectivity index (χ0v) is 13.2. The van der Waals surface area contributed by atoms with Gasteiger partial charge in [-0.25, -0.2) is 4.79 Å². The van der Waals surface area contributed by atoms with E-state index >= 15 is 0 Å². The number of benzene rings is 1. The fourth-order valence-electron chi connectivity index (χ4n) is 2.97. The zero-order chi connectivity index (χ0) is 15.9. The molecule has 1 fully saturated rings. The summed E-state index contributed by atoms with van der Waals surface area (Å²) < 4.78 is 5.34. The second-order valence-electron chi connectivity index (χ2n) is 6.07. The molecule has 1 aliphatic carbocycles. The van der Waals surface area contributed by atoms with Crippen molar-refractivity contribution in [1.29, 1.82) is 0 Å². The predicted octanol–water partition coefficient (Wildman–Crippen LogP) is 3.37. The minimum atomic E-state index is -0.958. The first kappa shape index (κ1) is 16.6. The van der Waals surface area contributed by atoms with E-state index in [1.807, 2.05) is 24.3 Å². The van der Waals surface area contributed by atoms with Crippen molar-refractivity contribution in [2.75, 3.05) is 6.61 Å². The van der Waals surface area contributed by atoms with Crippen molar-refractivity contribution < 1.29 is 14.6 Å². The number of carboxylic acid groups (broad SMARTS) is 1. The van der Waals surface area contributed by atoms with Crippen LogP contribution in [0.4, 0.5) is 0 Å². The van der Waals surface area contributed by atoms with Crippen LogP contribution in [0.1, 0.15) is 38.2 Å². The molecule has 0 radical (unpaired) electrons. The number of rotatable bonds is 7. The molecule has 0 aliphatic heterocycles. The van der Waals surface area contributed by atoms with Gasteiger partial charge < -0.3 is 15.2 Å². The van der Waals surface area contributed by atoms with E-state index < -0.39 is 5.97 Å². The maximum Gasteiger partial charge on any atom is 0.341 e. The Labute approximate surface area is 132 Å². The Kier molecular flexibility index (Phi) is 6.01. The maximum absolute atomic E-state index is 10.6. The van der Waals surface area contributed by atoms with E-state index in [0.717, 1.165) is 18.4 Å². The minimum absolute atomic E-state index is 0.305. The summed E-state index contributed by atoms with van der Waals surface area (Å²) in [5.74, 6) is 0.359. The van der Waals surface area contributed by atoms with Crippen LogP contribution in [0.3, 0.4) is 0 Å². The van der Waals surface area contributed by atoms with Crippen molar-refractivity contribution in [2.45, 2.75) is 45.2 Å². The van der Waals surface area contributed by atoms with Gasteiger partial charge in [0.05, 0.1) is 0 Å². The lowest BCUT2D eigenvalue weighted by molar-refractivity contribution is -0.139. The molecule has 120 valence electrons. The Hall–Kier alpha value is -1.81. The average Bonchev–Trinajstić information content (AvgIpc) is 2.52. The van der Waals surface area contributed by atoms with Crippen LogP contribution in [-0.4, -0.2) is 23.7 Å². The van der Waals surface area contributed by atoms with Crippen LogP contribution < -0.4 is 10.1 Å². The van der Waals surface area contributed by atoms with E-state index in [9.17, 15) is 4.79 Å². The number of hydrogen-bond donors (Lipinski definition) is 2. The van der Waals surface area contributed by atoms with Gasteiger partial charge in [-0.05, 0) is 44.6 Å². The average molecular weight is 303 g/mol. The van der Waals surface area contributed by atoms with Crippen LogP contribution in [0.2, 0.25) is 0 Å². The van der Waals surface area contributed by atoms with E-state index in [-0.39, 0.29) is 6.61 Å². The molecule has 2 N–H and O–H groups in total. The quantitative estimate of drug-likeness (QED) is 0.758. The van der Waals surface area contributed by atoms with Gasteiger partial charge in [-0.15, -0.1) is 0 Å². The van der Waals surface area contributed by atoms with Crippen LogP contribution in [0.25, 0.3) is 0 Å². The van der Waals surface area contributed by atoms with Crippen molar-refractivity contribution in [1.82, 2.24) is 5.32 Å². The van der Waals surface area contributed by atoms with Gasteiger partial charge in [-0.3, -0.25) is 0 Å². The van der Waals surface area contributed by atoms with E-state index in [4.69, 9.17) is 9.84 Å². The third kappa shape index (κ3) is 4.88. The number of carboxylic acids is 1. The molecular weight excluding hydrogens is 278 g/mol. The van der Waals surface area contributed by atoms with Crippen molar-refractivity contribution >= 4 is 5.97 Å². The first-order valence-electron chi connectivity index (χ1n) is 7.87. The maximum atomic E-state index is 10.6. The van der Waals surface area contributed by atoms with Gasteiger partial charge in [0.1, 0.15) is 5.75 Å². The third-order valence-electron chi connectivity index (χ3n) is 4.33. The van der Waals surface area contributed by atoms with E-state index in [2.05, 4.69) is 18.8 Å². The highest BCUT2D eigenvalue weighted by Crippen LogP contribution is 2.29.